The molecule has 2 aliphatic rings. The van der Waals surface area contributed by atoms with E-state index in [-0.39, 0.29) is 5.54 Å². The highest BCUT2D eigenvalue weighted by Gasteiger charge is 2.44. The minimum Gasteiger partial charge on any atom is -0.394 e. The fourth-order valence-corrected chi connectivity index (χ4v) is 3.33. The summed E-state index contributed by atoms with van der Waals surface area (Å²) in [6.07, 6.45) is 2.24. The predicted molar refractivity (Wildman–Crippen MR) is 65.5 cm³/mol. The third kappa shape index (κ3) is 2.12. The maximum absolute atomic E-state index is 9.91. The van der Waals surface area contributed by atoms with Crippen LogP contribution in [-0.2, 0) is 0 Å². The van der Waals surface area contributed by atoms with Crippen LogP contribution in [0.1, 0.15) is 19.8 Å². The van der Waals surface area contributed by atoms with E-state index in [4.69, 9.17) is 0 Å². The van der Waals surface area contributed by atoms with Crippen LogP contribution in [0.4, 0.5) is 0 Å². The van der Waals surface area contributed by atoms with Gasteiger partial charge < -0.3 is 15.7 Å². The molecule has 2 aliphatic heterocycles. The summed E-state index contributed by atoms with van der Waals surface area (Å²) in [6.45, 7) is 8.94. The Labute approximate surface area is 98.4 Å². The number of hydrogen-bond donors (Lipinski definition) is 3. The molecule has 0 bridgehead atoms. The first kappa shape index (κ1) is 12.3. The van der Waals surface area contributed by atoms with Gasteiger partial charge in [0.15, 0.2) is 0 Å². The second kappa shape index (κ2) is 5.45. The summed E-state index contributed by atoms with van der Waals surface area (Å²) in [6, 6.07) is 0. The van der Waals surface area contributed by atoms with E-state index in [0.717, 1.165) is 52.1 Å². The fourth-order valence-electron chi connectivity index (χ4n) is 3.33. The molecule has 2 heterocycles. The van der Waals surface area contributed by atoms with Gasteiger partial charge in [-0.15, -0.1) is 0 Å². The van der Waals surface area contributed by atoms with Crippen molar-refractivity contribution < 1.29 is 5.11 Å². The van der Waals surface area contributed by atoms with Gasteiger partial charge in [-0.25, -0.2) is 0 Å². The second-order valence-electron chi connectivity index (χ2n) is 5.06. The van der Waals surface area contributed by atoms with Gasteiger partial charge in [0.1, 0.15) is 0 Å². The smallest absolute Gasteiger partial charge is 0.0619 e. The molecule has 0 spiro atoms. The van der Waals surface area contributed by atoms with Gasteiger partial charge in [0.05, 0.1) is 6.61 Å². The average Bonchev–Trinajstić information content (AvgIpc) is 2.39. The van der Waals surface area contributed by atoms with Gasteiger partial charge in [0.25, 0.3) is 0 Å². The fraction of sp³-hybridized carbons (Fsp3) is 1.00. The molecule has 0 saturated carbocycles. The Morgan fingerprint density at radius 3 is 2.62 bits per heavy atom. The zero-order valence-corrected chi connectivity index (χ0v) is 10.3. The van der Waals surface area contributed by atoms with Crippen molar-refractivity contribution in [2.45, 2.75) is 25.3 Å². The first-order valence-corrected chi connectivity index (χ1v) is 6.61. The number of piperidine rings is 1. The molecule has 0 radical (unpaired) electrons. The van der Waals surface area contributed by atoms with Crippen LogP contribution >= 0.6 is 0 Å². The Morgan fingerprint density at radius 2 is 2.00 bits per heavy atom. The zero-order chi connectivity index (χ0) is 11.4. The van der Waals surface area contributed by atoms with Gasteiger partial charge in [0.2, 0.25) is 0 Å². The summed E-state index contributed by atoms with van der Waals surface area (Å²) in [4.78, 5) is 2.53. The van der Waals surface area contributed by atoms with Crippen molar-refractivity contribution in [3.8, 4) is 0 Å². The van der Waals surface area contributed by atoms with Crippen LogP contribution in [-0.4, -0.2) is 61.4 Å². The topological polar surface area (TPSA) is 47.5 Å². The largest absolute Gasteiger partial charge is 0.394 e. The Balaban J connectivity index is 2.13. The lowest BCUT2D eigenvalue weighted by atomic mass is 9.75. The molecule has 0 aromatic carbocycles. The third-order valence-corrected chi connectivity index (χ3v) is 4.40. The van der Waals surface area contributed by atoms with Crippen molar-refractivity contribution in [1.82, 2.24) is 15.5 Å². The number of nitrogens with zero attached hydrogens (tertiary/aromatic N) is 1. The summed E-state index contributed by atoms with van der Waals surface area (Å²) in [5.74, 6) is 0.587. The highest BCUT2D eigenvalue weighted by Crippen LogP contribution is 2.33. The Bertz CT molecular complexity index is 218. The lowest BCUT2D eigenvalue weighted by Crippen LogP contribution is -2.65. The number of aliphatic hydroxyl groups excluding tert-OH is 1. The molecule has 16 heavy (non-hydrogen) atoms. The molecule has 0 aliphatic carbocycles. The van der Waals surface area contributed by atoms with Gasteiger partial charge in [-0.2, -0.15) is 0 Å². The van der Waals surface area contributed by atoms with Gasteiger partial charge in [-0.1, -0.05) is 13.3 Å². The SMILES string of the molecule is CCC1CNCCC1(CO)N1CCNCC1. The maximum Gasteiger partial charge on any atom is 0.0619 e. The molecule has 0 amide bonds. The van der Waals surface area contributed by atoms with Crippen molar-refractivity contribution >= 4 is 0 Å². The summed E-state index contributed by atoms with van der Waals surface area (Å²) in [7, 11) is 0. The maximum atomic E-state index is 9.91. The van der Waals surface area contributed by atoms with E-state index in [0.29, 0.717) is 12.5 Å². The number of nitrogens with one attached hydrogen (secondary N) is 2. The Kier molecular flexibility index (Phi) is 4.19. The molecule has 4 nitrogen and oxygen atoms in total. The quantitative estimate of drug-likeness (QED) is 0.616. The van der Waals surface area contributed by atoms with Gasteiger partial charge >= 0.3 is 0 Å². The highest BCUT2D eigenvalue weighted by atomic mass is 16.3. The molecule has 94 valence electrons. The summed E-state index contributed by atoms with van der Waals surface area (Å²) < 4.78 is 0. The summed E-state index contributed by atoms with van der Waals surface area (Å²) >= 11 is 0. The van der Waals surface area contributed by atoms with Gasteiger partial charge in [-0.3, -0.25) is 4.90 Å². The molecule has 2 atom stereocenters. The van der Waals surface area contributed by atoms with Crippen molar-refractivity contribution in [3.05, 3.63) is 0 Å². The van der Waals surface area contributed by atoms with E-state index < -0.39 is 0 Å². The molecule has 4 heteroatoms. The molecule has 2 rings (SSSR count). The Morgan fingerprint density at radius 1 is 1.25 bits per heavy atom. The van der Waals surface area contributed by atoms with E-state index in [1.807, 2.05) is 0 Å². The number of rotatable bonds is 3. The molecule has 2 unspecified atom stereocenters. The van der Waals surface area contributed by atoms with Crippen LogP contribution in [0, 0.1) is 5.92 Å². The second-order valence-corrected chi connectivity index (χ2v) is 5.06. The normalized spacial score (nSPS) is 37.5. The van der Waals surface area contributed by atoms with Crippen molar-refractivity contribution in [2.24, 2.45) is 5.92 Å². The molecule has 0 aromatic rings. The monoisotopic (exact) mass is 227 g/mol. The predicted octanol–water partition coefficient (Wildman–Crippen LogP) is -0.358. The van der Waals surface area contributed by atoms with E-state index >= 15 is 0 Å². The van der Waals surface area contributed by atoms with Crippen LogP contribution in [0.2, 0.25) is 0 Å². The van der Waals surface area contributed by atoms with Crippen molar-refractivity contribution in [3.63, 3.8) is 0 Å². The molecule has 2 saturated heterocycles. The molecule has 0 aromatic heterocycles. The van der Waals surface area contributed by atoms with Crippen molar-refractivity contribution in [1.29, 1.82) is 0 Å². The standard InChI is InChI=1S/C12H25N3O/c1-2-11-9-14-4-3-12(11,10-16)15-7-5-13-6-8-15/h11,13-14,16H,2-10H2,1H3. The molecule has 3 N–H and O–H groups in total. The number of hydrogen-bond acceptors (Lipinski definition) is 4. The lowest BCUT2D eigenvalue weighted by molar-refractivity contribution is -0.0421. The van der Waals surface area contributed by atoms with Crippen LogP contribution in [0.25, 0.3) is 0 Å². The number of piperazine rings is 1. The third-order valence-electron chi connectivity index (χ3n) is 4.40. The summed E-state index contributed by atoms with van der Waals surface area (Å²) in [5.41, 5.74) is 0.0438. The van der Waals surface area contributed by atoms with Crippen LogP contribution in [0.5, 0.6) is 0 Å². The first-order chi connectivity index (χ1) is 7.83. The number of aliphatic hydroxyl groups is 1. The minimum absolute atomic E-state index is 0.0438. The Hall–Kier alpha value is -0.160. The van der Waals surface area contributed by atoms with Crippen molar-refractivity contribution in [2.75, 3.05) is 45.9 Å². The molecule has 2 fully saturated rings. The van der Waals surface area contributed by atoms with Gasteiger partial charge in [-0.05, 0) is 25.4 Å². The van der Waals surface area contributed by atoms with Crippen LogP contribution in [0.15, 0.2) is 0 Å². The van der Waals surface area contributed by atoms with E-state index in [9.17, 15) is 5.11 Å². The van der Waals surface area contributed by atoms with E-state index in [1.54, 1.807) is 0 Å². The minimum atomic E-state index is 0.0438. The molecular formula is C12H25N3O. The zero-order valence-electron chi connectivity index (χ0n) is 10.3. The van der Waals surface area contributed by atoms with Gasteiger partial charge in [0, 0.05) is 31.7 Å². The molecular weight excluding hydrogens is 202 g/mol. The van der Waals surface area contributed by atoms with Crippen LogP contribution < -0.4 is 10.6 Å². The van der Waals surface area contributed by atoms with Crippen LogP contribution in [0.3, 0.4) is 0 Å². The first-order valence-electron chi connectivity index (χ1n) is 6.61. The summed E-state index contributed by atoms with van der Waals surface area (Å²) in [5, 5.41) is 16.8. The lowest BCUT2D eigenvalue weighted by Gasteiger charge is -2.52. The highest BCUT2D eigenvalue weighted by molar-refractivity contribution is 5.00. The van der Waals surface area contributed by atoms with E-state index in [1.165, 1.54) is 0 Å². The van der Waals surface area contributed by atoms with E-state index in [2.05, 4.69) is 22.5 Å². The average molecular weight is 227 g/mol.